The van der Waals surface area contributed by atoms with Crippen LogP contribution in [0.3, 0.4) is 0 Å². The number of esters is 1. The number of hydrogen-bond donors (Lipinski definition) is 1. The van der Waals surface area contributed by atoms with Crippen molar-refractivity contribution >= 4 is 40.1 Å². The molecule has 4 heterocycles. The number of amides is 1. The van der Waals surface area contributed by atoms with E-state index in [1.54, 1.807) is 24.6 Å². The number of thiophene rings is 1. The summed E-state index contributed by atoms with van der Waals surface area (Å²) in [4.78, 5) is 37.6. The minimum Gasteiger partial charge on any atom is -0.460 e. The van der Waals surface area contributed by atoms with Gasteiger partial charge in [0.05, 0.1) is 36.5 Å². The number of carbonyl (C=O) groups excluding carboxylic acids is 2. The van der Waals surface area contributed by atoms with Crippen molar-refractivity contribution in [3.8, 4) is 0 Å². The summed E-state index contributed by atoms with van der Waals surface area (Å²) in [7, 11) is 1.56. The molecule has 172 valence electrons. The summed E-state index contributed by atoms with van der Waals surface area (Å²) in [5.41, 5.74) is 2.66. The van der Waals surface area contributed by atoms with Crippen LogP contribution in [0.4, 0.5) is 0 Å². The van der Waals surface area contributed by atoms with Gasteiger partial charge in [0.25, 0.3) is 0 Å². The SMILES string of the molecule is COCCOC(=O)C1=C(C)N=C2SC=C(CC(=O)NCc3ccccn3)N2C1c1cccs1. The zero-order chi connectivity index (χ0) is 23.2. The van der Waals surface area contributed by atoms with Gasteiger partial charge in [-0.25, -0.2) is 9.79 Å². The molecule has 2 aromatic rings. The number of thioether (sulfide) groups is 1. The smallest absolute Gasteiger partial charge is 0.338 e. The summed E-state index contributed by atoms with van der Waals surface area (Å²) in [6, 6.07) is 9.10. The minimum atomic E-state index is -0.429. The molecule has 0 aliphatic carbocycles. The van der Waals surface area contributed by atoms with Crippen LogP contribution in [-0.4, -0.2) is 47.3 Å². The van der Waals surface area contributed by atoms with Crippen molar-refractivity contribution in [1.82, 2.24) is 15.2 Å². The number of nitrogens with one attached hydrogen (secondary N) is 1. The molecule has 1 atom stereocenters. The number of allylic oxidation sites excluding steroid dienone is 1. The largest absolute Gasteiger partial charge is 0.460 e. The maximum atomic E-state index is 13.0. The number of pyridine rings is 1. The van der Waals surface area contributed by atoms with Crippen molar-refractivity contribution < 1.29 is 19.1 Å². The number of ether oxygens (including phenoxy) is 2. The van der Waals surface area contributed by atoms with E-state index in [1.807, 2.05) is 52.9 Å². The molecule has 2 aliphatic rings. The minimum absolute atomic E-state index is 0.130. The average Bonchev–Trinajstić information content (AvgIpc) is 3.48. The van der Waals surface area contributed by atoms with Crippen molar-refractivity contribution in [3.05, 3.63) is 74.9 Å². The number of aromatic nitrogens is 1. The van der Waals surface area contributed by atoms with Crippen LogP contribution in [-0.2, 0) is 25.6 Å². The molecule has 33 heavy (non-hydrogen) atoms. The fourth-order valence-corrected chi connectivity index (χ4v) is 5.35. The lowest BCUT2D eigenvalue weighted by molar-refractivity contribution is -0.141. The van der Waals surface area contributed by atoms with Gasteiger partial charge in [-0.2, -0.15) is 0 Å². The molecule has 10 heteroatoms. The molecule has 0 aromatic carbocycles. The molecule has 0 fully saturated rings. The van der Waals surface area contributed by atoms with E-state index >= 15 is 0 Å². The first-order valence-corrected chi connectivity index (χ1v) is 12.1. The molecule has 0 saturated carbocycles. The third-order valence-corrected chi connectivity index (χ3v) is 6.90. The monoisotopic (exact) mass is 484 g/mol. The lowest BCUT2D eigenvalue weighted by atomic mass is 9.99. The Bertz CT molecular complexity index is 1100. The number of carbonyl (C=O) groups is 2. The van der Waals surface area contributed by atoms with Gasteiger partial charge < -0.3 is 19.7 Å². The molecular formula is C23H24N4O4S2. The number of hydrogen-bond acceptors (Lipinski definition) is 9. The number of rotatable bonds is 9. The first kappa shape index (κ1) is 23.2. The zero-order valence-corrected chi connectivity index (χ0v) is 19.9. The van der Waals surface area contributed by atoms with E-state index in [2.05, 4.69) is 15.3 Å². The van der Waals surface area contributed by atoms with Crippen molar-refractivity contribution in [2.45, 2.75) is 25.9 Å². The van der Waals surface area contributed by atoms with E-state index < -0.39 is 12.0 Å². The van der Waals surface area contributed by atoms with E-state index in [-0.39, 0.29) is 18.9 Å². The highest BCUT2D eigenvalue weighted by Gasteiger charge is 2.41. The summed E-state index contributed by atoms with van der Waals surface area (Å²) in [5.74, 6) is -0.559. The van der Waals surface area contributed by atoms with E-state index in [0.717, 1.165) is 21.4 Å². The molecule has 0 spiro atoms. The Balaban J connectivity index is 1.54. The molecule has 1 unspecified atom stereocenters. The highest BCUT2D eigenvalue weighted by Crippen LogP contribution is 2.45. The Hall–Kier alpha value is -2.95. The summed E-state index contributed by atoms with van der Waals surface area (Å²) in [6.45, 7) is 2.64. The molecular weight excluding hydrogens is 460 g/mol. The van der Waals surface area contributed by atoms with Gasteiger partial charge in [-0.3, -0.25) is 9.78 Å². The second-order valence-corrected chi connectivity index (χ2v) is 9.13. The number of methoxy groups -OCH3 is 1. The molecule has 0 saturated heterocycles. The summed E-state index contributed by atoms with van der Waals surface area (Å²) < 4.78 is 10.4. The molecule has 1 N–H and O–H groups in total. The maximum Gasteiger partial charge on any atom is 0.338 e. The van der Waals surface area contributed by atoms with Crippen LogP contribution in [0.2, 0.25) is 0 Å². The molecule has 2 aromatic heterocycles. The van der Waals surface area contributed by atoms with Gasteiger partial charge in [0.1, 0.15) is 12.6 Å². The van der Waals surface area contributed by atoms with Gasteiger partial charge in [-0.1, -0.05) is 23.9 Å². The van der Waals surface area contributed by atoms with Gasteiger partial charge in [0.15, 0.2) is 5.17 Å². The quantitative estimate of drug-likeness (QED) is 0.429. The fourth-order valence-electron chi connectivity index (χ4n) is 3.56. The van der Waals surface area contributed by atoms with Crippen LogP contribution in [0.25, 0.3) is 0 Å². The molecule has 0 bridgehead atoms. The number of nitrogens with zero attached hydrogens (tertiary/aromatic N) is 3. The van der Waals surface area contributed by atoms with Gasteiger partial charge in [-0.05, 0) is 35.9 Å². The Morgan fingerprint density at radius 1 is 1.21 bits per heavy atom. The first-order valence-electron chi connectivity index (χ1n) is 10.4. The Morgan fingerprint density at radius 3 is 2.82 bits per heavy atom. The second kappa shape index (κ2) is 10.8. The van der Waals surface area contributed by atoms with Gasteiger partial charge in [0.2, 0.25) is 5.91 Å². The van der Waals surface area contributed by atoms with Crippen LogP contribution in [0.5, 0.6) is 0 Å². The molecule has 4 rings (SSSR count). The lowest BCUT2D eigenvalue weighted by Gasteiger charge is -2.35. The molecule has 8 nitrogen and oxygen atoms in total. The predicted molar refractivity (Wildman–Crippen MR) is 128 cm³/mol. The van der Waals surface area contributed by atoms with E-state index in [4.69, 9.17) is 9.47 Å². The van der Waals surface area contributed by atoms with Crippen LogP contribution < -0.4 is 5.32 Å². The Morgan fingerprint density at radius 2 is 2.09 bits per heavy atom. The van der Waals surface area contributed by atoms with Crippen LogP contribution >= 0.6 is 23.1 Å². The highest BCUT2D eigenvalue weighted by molar-refractivity contribution is 8.16. The Labute approximate surface area is 200 Å². The molecule has 0 radical (unpaired) electrons. The standard InChI is InChI=1S/C23H24N4O4S2/c1-15-20(22(29)31-10-9-30-2)21(18-7-5-11-32-18)27-17(14-33-23(27)26-15)12-19(28)25-13-16-6-3-4-8-24-16/h3-8,11,14,21H,9-10,12-13H2,1-2H3,(H,25,28). The number of aliphatic imine (C=N–C) groups is 1. The highest BCUT2D eigenvalue weighted by atomic mass is 32.2. The van der Waals surface area contributed by atoms with E-state index in [1.165, 1.54) is 11.8 Å². The lowest BCUT2D eigenvalue weighted by Crippen LogP contribution is -2.37. The first-order chi connectivity index (χ1) is 16.1. The van der Waals surface area contributed by atoms with Crippen LogP contribution in [0, 0.1) is 0 Å². The number of amidine groups is 1. The Kier molecular flexibility index (Phi) is 7.58. The maximum absolute atomic E-state index is 13.0. The normalized spacial score (nSPS) is 17.4. The van der Waals surface area contributed by atoms with E-state index in [0.29, 0.717) is 24.4 Å². The van der Waals surface area contributed by atoms with Crippen LogP contribution in [0.15, 0.2) is 69.3 Å². The van der Waals surface area contributed by atoms with Crippen LogP contribution in [0.1, 0.15) is 30.0 Å². The summed E-state index contributed by atoms with van der Waals surface area (Å²) in [6.07, 6.45) is 1.85. The van der Waals surface area contributed by atoms with Gasteiger partial charge in [0, 0.05) is 23.9 Å². The number of fused-ring (bicyclic) bond motifs is 1. The van der Waals surface area contributed by atoms with Crippen molar-refractivity contribution in [2.75, 3.05) is 20.3 Å². The van der Waals surface area contributed by atoms with Gasteiger partial charge in [-0.15, -0.1) is 11.3 Å². The van der Waals surface area contributed by atoms with E-state index in [9.17, 15) is 9.59 Å². The van der Waals surface area contributed by atoms with Crippen molar-refractivity contribution in [2.24, 2.45) is 4.99 Å². The summed E-state index contributed by atoms with van der Waals surface area (Å²) >= 11 is 3.00. The molecule has 2 aliphatic heterocycles. The molecule has 1 amide bonds. The third kappa shape index (κ3) is 5.35. The predicted octanol–water partition coefficient (Wildman–Crippen LogP) is 3.61. The van der Waals surface area contributed by atoms with Crippen molar-refractivity contribution in [3.63, 3.8) is 0 Å². The third-order valence-electron chi connectivity index (χ3n) is 5.09. The van der Waals surface area contributed by atoms with Gasteiger partial charge >= 0.3 is 5.97 Å². The topological polar surface area (TPSA) is 93.1 Å². The van der Waals surface area contributed by atoms with Crippen molar-refractivity contribution in [1.29, 1.82) is 0 Å². The second-order valence-electron chi connectivity index (χ2n) is 7.31. The average molecular weight is 485 g/mol. The zero-order valence-electron chi connectivity index (χ0n) is 18.3. The summed E-state index contributed by atoms with van der Waals surface area (Å²) in [5, 5.41) is 7.55. The fraction of sp³-hybridized carbons (Fsp3) is 0.304.